The first kappa shape index (κ1) is 30.6. The Morgan fingerprint density at radius 1 is 1.09 bits per heavy atom. The molecular formula is C25H38N4O5S. The number of rotatable bonds is 17. The van der Waals surface area contributed by atoms with E-state index in [4.69, 9.17) is 15.2 Å². The smallest absolute Gasteiger partial charge is 0.236 e. The van der Waals surface area contributed by atoms with Gasteiger partial charge in [0.25, 0.3) is 0 Å². The summed E-state index contributed by atoms with van der Waals surface area (Å²) in [6.07, 6.45) is 1.06. The molecule has 0 aliphatic carbocycles. The lowest BCUT2D eigenvalue weighted by molar-refractivity contribution is -0.123. The third-order valence-corrected chi connectivity index (χ3v) is 6.58. The molecule has 0 saturated heterocycles. The highest BCUT2D eigenvalue weighted by atomic mass is 32.2. The van der Waals surface area contributed by atoms with Crippen molar-refractivity contribution in [3.05, 3.63) is 35.9 Å². The number of nitrogens with two attached hydrogens (primary N) is 1. The summed E-state index contributed by atoms with van der Waals surface area (Å²) in [5.74, 6) is -0.539. The topological polar surface area (TPSA) is 144 Å². The van der Waals surface area contributed by atoms with Crippen LogP contribution in [0.15, 0.2) is 30.3 Å². The molecule has 2 atom stereocenters. The van der Waals surface area contributed by atoms with Gasteiger partial charge in [-0.05, 0) is 39.7 Å². The minimum Gasteiger partial charge on any atom is -0.382 e. The van der Waals surface area contributed by atoms with E-state index in [1.807, 2.05) is 6.07 Å². The number of benzene rings is 1. The Hall–Kier alpha value is -2.45. The second-order valence-electron chi connectivity index (χ2n) is 8.69. The Bertz CT molecular complexity index is 848. The van der Waals surface area contributed by atoms with Crippen LogP contribution in [-0.2, 0) is 19.1 Å². The van der Waals surface area contributed by atoms with E-state index in [0.29, 0.717) is 51.4 Å². The normalized spacial score (nSPS) is 14.3. The molecule has 0 heterocycles. The largest absolute Gasteiger partial charge is 0.382 e. The summed E-state index contributed by atoms with van der Waals surface area (Å²) in [4.78, 5) is 38.4. The maximum absolute atomic E-state index is 13.2. The number of nitrogens with one attached hydrogen (secondary N) is 2. The zero-order chi connectivity index (χ0) is 26.2. The second kappa shape index (κ2) is 16.3. The van der Waals surface area contributed by atoms with Gasteiger partial charge in [0, 0.05) is 32.2 Å². The molecule has 2 amide bonds. The van der Waals surface area contributed by atoms with Crippen molar-refractivity contribution in [2.45, 2.75) is 44.3 Å². The zero-order valence-corrected chi connectivity index (χ0v) is 21.7. The Morgan fingerprint density at radius 2 is 1.80 bits per heavy atom. The van der Waals surface area contributed by atoms with E-state index >= 15 is 0 Å². The van der Waals surface area contributed by atoms with Crippen LogP contribution in [-0.4, -0.2) is 68.2 Å². The Labute approximate surface area is 212 Å². The number of amides is 2. The average Bonchev–Trinajstić information content (AvgIpc) is 2.85. The minimum atomic E-state index is -1.21. The molecule has 1 aromatic carbocycles. The van der Waals surface area contributed by atoms with E-state index in [1.54, 1.807) is 45.2 Å². The highest BCUT2D eigenvalue weighted by Crippen LogP contribution is 2.41. The minimum absolute atomic E-state index is 0.0988. The van der Waals surface area contributed by atoms with Crippen LogP contribution in [0.3, 0.4) is 0 Å². The number of nitrogens with zero attached hydrogens (tertiary/aromatic N) is 1. The molecule has 0 saturated carbocycles. The predicted octanol–water partition coefficient (Wildman–Crippen LogP) is 2.26. The van der Waals surface area contributed by atoms with Crippen LogP contribution < -0.4 is 16.4 Å². The summed E-state index contributed by atoms with van der Waals surface area (Å²) in [7, 11) is 1.59. The zero-order valence-electron chi connectivity index (χ0n) is 20.9. The van der Waals surface area contributed by atoms with Crippen molar-refractivity contribution >= 4 is 28.7 Å². The molecule has 1 rings (SSSR count). The molecule has 4 N–H and O–H groups in total. The molecule has 2 unspecified atom stereocenters. The average molecular weight is 507 g/mol. The summed E-state index contributed by atoms with van der Waals surface area (Å²) in [6, 6.07) is 11.0. The SMILES string of the molecule is COCCOCCNC(=O)CCC(C)(C#N)CC(C)(SC(=O)c1ccccc1)C(=O)NCCCN. The number of methoxy groups -OCH3 is 1. The van der Waals surface area contributed by atoms with E-state index < -0.39 is 10.2 Å². The van der Waals surface area contributed by atoms with Crippen molar-refractivity contribution in [2.75, 3.05) is 46.6 Å². The number of thioether (sulfide) groups is 1. The molecule has 0 radical (unpaired) electrons. The predicted molar refractivity (Wildman–Crippen MR) is 137 cm³/mol. The number of carbonyl (C=O) groups excluding carboxylic acids is 3. The van der Waals surface area contributed by atoms with Crippen LogP contribution >= 0.6 is 11.8 Å². The van der Waals surface area contributed by atoms with Gasteiger partial charge in [-0.15, -0.1) is 0 Å². The summed E-state index contributed by atoms with van der Waals surface area (Å²) in [5, 5.41) is 15.3. The summed E-state index contributed by atoms with van der Waals surface area (Å²) in [5.41, 5.74) is 5.00. The highest BCUT2D eigenvalue weighted by molar-refractivity contribution is 8.15. The van der Waals surface area contributed by atoms with Gasteiger partial charge in [0.15, 0.2) is 0 Å². The molecule has 0 aliphatic heterocycles. The van der Waals surface area contributed by atoms with Gasteiger partial charge in [0.05, 0.1) is 31.3 Å². The number of carbonyl (C=O) groups is 3. The number of hydrogen-bond acceptors (Lipinski definition) is 8. The van der Waals surface area contributed by atoms with Crippen molar-refractivity contribution in [2.24, 2.45) is 11.1 Å². The summed E-state index contributed by atoms with van der Waals surface area (Å²) in [6.45, 7) is 5.84. The first-order chi connectivity index (χ1) is 16.7. The van der Waals surface area contributed by atoms with Gasteiger partial charge in [-0.25, -0.2) is 0 Å². The summed E-state index contributed by atoms with van der Waals surface area (Å²) < 4.78 is 9.00. The molecule has 0 aliphatic rings. The van der Waals surface area contributed by atoms with Crippen molar-refractivity contribution in [1.82, 2.24) is 10.6 Å². The van der Waals surface area contributed by atoms with Gasteiger partial charge in [0.2, 0.25) is 16.9 Å². The van der Waals surface area contributed by atoms with Gasteiger partial charge < -0.3 is 25.8 Å². The molecule has 10 heteroatoms. The Morgan fingerprint density at radius 3 is 2.43 bits per heavy atom. The van der Waals surface area contributed by atoms with Gasteiger partial charge in [-0.2, -0.15) is 5.26 Å². The quantitative estimate of drug-likeness (QED) is 0.273. The van der Waals surface area contributed by atoms with Crippen molar-refractivity contribution < 1.29 is 23.9 Å². The third-order valence-electron chi connectivity index (χ3n) is 5.38. The van der Waals surface area contributed by atoms with Gasteiger partial charge in [0.1, 0.15) is 4.75 Å². The molecular weight excluding hydrogens is 468 g/mol. The van der Waals surface area contributed by atoms with Crippen LogP contribution in [0, 0.1) is 16.7 Å². The van der Waals surface area contributed by atoms with Gasteiger partial charge >= 0.3 is 0 Å². The van der Waals surface area contributed by atoms with Crippen LogP contribution in [0.5, 0.6) is 0 Å². The lowest BCUT2D eigenvalue weighted by Crippen LogP contribution is -2.46. The van der Waals surface area contributed by atoms with E-state index in [0.717, 1.165) is 11.8 Å². The standard InChI is InChI=1S/C25H38N4O5S/c1-24(19-27,11-10-21(30)28-14-15-34-17-16-33-3)18-25(2,23(32)29-13-7-12-26)35-22(31)20-8-5-4-6-9-20/h4-6,8-9H,7,10-18,26H2,1-3H3,(H,28,30)(H,29,32). The Balaban J connectivity index is 2.83. The maximum Gasteiger partial charge on any atom is 0.236 e. The molecule has 1 aromatic rings. The lowest BCUT2D eigenvalue weighted by Gasteiger charge is -2.34. The fourth-order valence-corrected chi connectivity index (χ4v) is 4.62. The van der Waals surface area contributed by atoms with E-state index in [-0.39, 0.29) is 36.2 Å². The van der Waals surface area contributed by atoms with E-state index in [1.165, 1.54) is 0 Å². The first-order valence-corrected chi connectivity index (χ1v) is 12.5. The van der Waals surface area contributed by atoms with Gasteiger partial charge in [-0.3, -0.25) is 14.4 Å². The van der Waals surface area contributed by atoms with E-state index in [9.17, 15) is 19.6 Å². The lowest BCUT2D eigenvalue weighted by atomic mass is 9.78. The van der Waals surface area contributed by atoms with Crippen molar-refractivity contribution in [3.8, 4) is 6.07 Å². The van der Waals surface area contributed by atoms with Crippen LogP contribution in [0.2, 0.25) is 0 Å². The number of nitriles is 1. The molecule has 0 aromatic heterocycles. The molecule has 194 valence electrons. The molecule has 0 spiro atoms. The fraction of sp³-hybridized carbons (Fsp3) is 0.600. The third kappa shape index (κ3) is 11.7. The van der Waals surface area contributed by atoms with Crippen molar-refractivity contribution in [3.63, 3.8) is 0 Å². The summed E-state index contributed by atoms with van der Waals surface area (Å²) >= 11 is 0.905. The first-order valence-electron chi connectivity index (χ1n) is 11.7. The molecule has 0 fully saturated rings. The molecule has 0 bridgehead atoms. The fourth-order valence-electron chi connectivity index (χ4n) is 3.40. The van der Waals surface area contributed by atoms with Crippen LogP contribution in [0.1, 0.15) is 49.9 Å². The van der Waals surface area contributed by atoms with Gasteiger partial charge in [-0.1, -0.05) is 42.1 Å². The number of hydrogen-bond donors (Lipinski definition) is 3. The molecule has 9 nitrogen and oxygen atoms in total. The monoisotopic (exact) mass is 506 g/mol. The van der Waals surface area contributed by atoms with Crippen LogP contribution in [0.25, 0.3) is 0 Å². The second-order valence-corrected chi connectivity index (χ2v) is 10.2. The Kier molecular flexibility index (Phi) is 14.2. The van der Waals surface area contributed by atoms with Crippen LogP contribution in [0.4, 0.5) is 0 Å². The maximum atomic E-state index is 13.2. The van der Waals surface area contributed by atoms with Crippen molar-refractivity contribution in [1.29, 1.82) is 5.26 Å². The highest BCUT2D eigenvalue weighted by Gasteiger charge is 2.43. The number of ether oxygens (including phenoxy) is 2. The van der Waals surface area contributed by atoms with E-state index in [2.05, 4.69) is 16.7 Å². The molecule has 35 heavy (non-hydrogen) atoms.